The van der Waals surface area contributed by atoms with Gasteiger partial charge in [-0.15, -0.1) is 0 Å². The van der Waals surface area contributed by atoms with Gasteiger partial charge in [-0.1, -0.05) is 6.07 Å². The highest BCUT2D eigenvalue weighted by Gasteiger charge is 2.42. The third-order valence-electron chi connectivity index (χ3n) is 4.94. The summed E-state index contributed by atoms with van der Waals surface area (Å²) >= 11 is 0. The van der Waals surface area contributed by atoms with E-state index in [0.717, 1.165) is 31.5 Å². The molecular weight excluding hydrogens is 320 g/mol. The molecular formula is C19H22N2O4. The van der Waals surface area contributed by atoms with Crippen molar-refractivity contribution in [1.82, 2.24) is 9.88 Å². The highest BCUT2D eigenvalue weighted by Crippen LogP contribution is 2.32. The number of furan rings is 1. The number of hydrogen-bond donors (Lipinski definition) is 0. The minimum Gasteiger partial charge on any atom is -0.472 e. The summed E-state index contributed by atoms with van der Waals surface area (Å²) in [5, 5.41) is 0. The predicted octanol–water partition coefficient (Wildman–Crippen LogP) is 2.65. The van der Waals surface area contributed by atoms with E-state index in [1.54, 1.807) is 12.3 Å². The molecule has 25 heavy (non-hydrogen) atoms. The van der Waals surface area contributed by atoms with Gasteiger partial charge in [-0.25, -0.2) is 0 Å². The van der Waals surface area contributed by atoms with Gasteiger partial charge in [-0.05, 0) is 37.5 Å². The Balaban J connectivity index is 1.27. The maximum Gasteiger partial charge on any atom is 0.257 e. The number of aromatic nitrogens is 1. The minimum absolute atomic E-state index is 0.0368. The van der Waals surface area contributed by atoms with Gasteiger partial charge in [0.25, 0.3) is 5.91 Å². The van der Waals surface area contributed by atoms with E-state index < -0.39 is 0 Å². The van der Waals surface area contributed by atoms with Crippen molar-refractivity contribution in [2.45, 2.75) is 44.1 Å². The second kappa shape index (κ2) is 7.37. The fraction of sp³-hybridized carbons (Fsp3) is 0.474. The van der Waals surface area contributed by atoms with Crippen LogP contribution in [0.4, 0.5) is 0 Å². The topological polar surface area (TPSA) is 64.8 Å². The molecule has 6 heteroatoms. The summed E-state index contributed by atoms with van der Waals surface area (Å²) in [6.45, 7) is 1.80. The summed E-state index contributed by atoms with van der Waals surface area (Å²) in [6.07, 6.45) is 7.74. The van der Waals surface area contributed by atoms with Crippen molar-refractivity contribution in [3.63, 3.8) is 0 Å². The standard InChI is InChI=1S/C19H22N2O4/c22-19(14-7-10-23-11-14)21-9-6-18-17(21)5-4-16(25-18)13-24-12-15-3-1-2-8-20-15/h1-3,7-8,10-11,16-18H,4-6,9,12-13H2/t16-,17?,18?/m0/s1. The van der Waals surface area contributed by atoms with Crippen molar-refractivity contribution in [3.8, 4) is 0 Å². The molecule has 2 aliphatic heterocycles. The van der Waals surface area contributed by atoms with Crippen LogP contribution in [-0.4, -0.2) is 47.2 Å². The van der Waals surface area contributed by atoms with E-state index in [0.29, 0.717) is 18.8 Å². The molecule has 2 fully saturated rings. The first kappa shape index (κ1) is 16.3. The largest absolute Gasteiger partial charge is 0.472 e. The fourth-order valence-corrected chi connectivity index (χ4v) is 3.70. The van der Waals surface area contributed by atoms with E-state index in [9.17, 15) is 4.79 Å². The number of nitrogens with zero attached hydrogens (tertiary/aromatic N) is 2. The van der Waals surface area contributed by atoms with Crippen LogP contribution in [0.5, 0.6) is 0 Å². The molecule has 2 aliphatic rings. The number of pyridine rings is 1. The van der Waals surface area contributed by atoms with E-state index >= 15 is 0 Å². The quantitative estimate of drug-likeness (QED) is 0.836. The number of fused-ring (bicyclic) bond motifs is 1. The molecule has 4 rings (SSSR count). The number of carbonyl (C=O) groups is 1. The van der Waals surface area contributed by atoms with E-state index in [1.165, 1.54) is 12.5 Å². The zero-order valence-corrected chi connectivity index (χ0v) is 14.0. The lowest BCUT2D eigenvalue weighted by Crippen LogP contribution is -2.45. The van der Waals surface area contributed by atoms with Gasteiger partial charge in [0.05, 0.1) is 49.0 Å². The number of hydrogen-bond acceptors (Lipinski definition) is 5. The summed E-state index contributed by atoms with van der Waals surface area (Å²) in [4.78, 5) is 18.7. The van der Waals surface area contributed by atoms with Gasteiger partial charge in [0, 0.05) is 12.7 Å². The van der Waals surface area contributed by atoms with Gasteiger partial charge in [-0.2, -0.15) is 0 Å². The summed E-state index contributed by atoms with van der Waals surface area (Å²) < 4.78 is 17.0. The normalized spacial score (nSPS) is 25.8. The SMILES string of the molecule is O=C(c1ccoc1)N1CCC2O[C@H](COCc3ccccn3)CCC21. The molecule has 2 aromatic rings. The molecule has 0 spiro atoms. The average molecular weight is 342 g/mol. The number of amides is 1. The third kappa shape index (κ3) is 3.60. The van der Waals surface area contributed by atoms with Gasteiger partial charge in [0.2, 0.25) is 0 Å². The smallest absolute Gasteiger partial charge is 0.257 e. The first-order chi connectivity index (χ1) is 12.3. The molecule has 0 N–H and O–H groups in total. The number of carbonyl (C=O) groups excluding carboxylic acids is 1. The van der Waals surface area contributed by atoms with E-state index in [4.69, 9.17) is 13.9 Å². The summed E-state index contributed by atoms with van der Waals surface area (Å²) in [6, 6.07) is 7.68. The second-order valence-electron chi connectivity index (χ2n) is 6.58. The Labute approximate surface area is 146 Å². The van der Waals surface area contributed by atoms with Gasteiger partial charge in [-0.3, -0.25) is 9.78 Å². The average Bonchev–Trinajstić information content (AvgIpc) is 3.32. The Morgan fingerprint density at radius 1 is 1.28 bits per heavy atom. The Morgan fingerprint density at radius 2 is 2.24 bits per heavy atom. The van der Waals surface area contributed by atoms with Crippen LogP contribution < -0.4 is 0 Å². The highest BCUT2D eigenvalue weighted by molar-refractivity contribution is 5.94. The highest BCUT2D eigenvalue weighted by atomic mass is 16.5. The molecule has 0 saturated carbocycles. The molecule has 0 radical (unpaired) electrons. The van der Waals surface area contributed by atoms with Crippen LogP contribution in [0.1, 0.15) is 35.3 Å². The van der Waals surface area contributed by atoms with Crippen LogP contribution in [0.2, 0.25) is 0 Å². The van der Waals surface area contributed by atoms with Gasteiger partial charge >= 0.3 is 0 Å². The number of rotatable bonds is 5. The molecule has 2 aromatic heterocycles. The zero-order chi connectivity index (χ0) is 17.1. The Kier molecular flexibility index (Phi) is 4.81. The van der Waals surface area contributed by atoms with Gasteiger partial charge in [0.1, 0.15) is 6.26 Å². The molecule has 6 nitrogen and oxygen atoms in total. The van der Waals surface area contributed by atoms with Gasteiger partial charge < -0.3 is 18.8 Å². The molecule has 132 valence electrons. The predicted molar refractivity (Wildman–Crippen MR) is 89.9 cm³/mol. The maximum absolute atomic E-state index is 12.6. The van der Waals surface area contributed by atoms with Gasteiger partial charge in [0.15, 0.2) is 0 Å². The Bertz CT molecular complexity index is 689. The number of ether oxygens (including phenoxy) is 2. The molecule has 2 unspecified atom stereocenters. The van der Waals surface area contributed by atoms with Crippen LogP contribution >= 0.6 is 0 Å². The van der Waals surface area contributed by atoms with Crippen LogP contribution in [0.3, 0.4) is 0 Å². The lowest BCUT2D eigenvalue weighted by Gasteiger charge is -2.35. The molecule has 4 heterocycles. The lowest BCUT2D eigenvalue weighted by molar-refractivity contribution is -0.0990. The van der Waals surface area contributed by atoms with E-state index in [-0.39, 0.29) is 24.2 Å². The Hall–Kier alpha value is -2.18. The molecule has 1 amide bonds. The van der Waals surface area contributed by atoms with Crippen molar-refractivity contribution in [1.29, 1.82) is 0 Å². The first-order valence-corrected chi connectivity index (χ1v) is 8.77. The van der Waals surface area contributed by atoms with Crippen molar-refractivity contribution in [2.75, 3.05) is 13.2 Å². The monoisotopic (exact) mass is 342 g/mol. The lowest BCUT2D eigenvalue weighted by atomic mass is 9.99. The van der Waals surface area contributed by atoms with Crippen molar-refractivity contribution in [2.24, 2.45) is 0 Å². The summed E-state index contributed by atoms with van der Waals surface area (Å²) in [5.41, 5.74) is 1.54. The Morgan fingerprint density at radius 3 is 3.04 bits per heavy atom. The van der Waals surface area contributed by atoms with Crippen molar-refractivity contribution in [3.05, 3.63) is 54.2 Å². The minimum atomic E-state index is 0.0368. The molecule has 0 aliphatic carbocycles. The summed E-state index contributed by atoms with van der Waals surface area (Å²) in [7, 11) is 0. The fourth-order valence-electron chi connectivity index (χ4n) is 3.70. The molecule has 0 bridgehead atoms. The van der Waals surface area contributed by atoms with Crippen LogP contribution in [0.25, 0.3) is 0 Å². The summed E-state index contributed by atoms with van der Waals surface area (Å²) in [5.74, 6) is 0.0368. The zero-order valence-electron chi connectivity index (χ0n) is 14.0. The third-order valence-corrected chi connectivity index (χ3v) is 4.94. The van der Waals surface area contributed by atoms with Crippen LogP contribution in [0.15, 0.2) is 47.4 Å². The van der Waals surface area contributed by atoms with E-state index in [2.05, 4.69) is 4.98 Å². The maximum atomic E-state index is 12.6. The molecule has 3 atom stereocenters. The van der Waals surface area contributed by atoms with Crippen LogP contribution in [0, 0.1) is 0 Å². The van der Waals surface area contributed by atoms with Crippen molar-refractivity contribution < 1.29 is 18.7 Å². The molecule has 0 aromatic carbocycles. The van der Waals surface area contributed by atoms with Crippen molar-refractivity contribution >= 4 is 5.91 Å². The number of likely N-dealkylation sites (tertiary alicyclic amines) is 1. The first-order valence-electron chi connectivity index (χ1n) is 8.77. The molecule has 2 saturated heterocycles. The van der Waals surface area contributed by atoms with E-state index in [1.807, 2.05) is 23.1 Å². The second-order valence-corrected chi connectivity index (χ2v) is 6.58. The van der Waals surface area contributed by atoms with Crippen LogP contribution in [-0.2, 0) is 16.1 Å².